The second kappa shape index (κ2) is 9.37. The van der Waals surface area contributed by atoms with Gasteiger partial charge in [-0.15, -0.1) is 11.8 Å². The number of piperazine rings is 1. The first-order chi connectivity index (χ1) is 13.7. The molecule has 0 aliphatic carbocycles. The fraction of sp³-hybridized carbons (Fsp3) is 0.429. The van der Waals surface area contributed by atoms with E-state index in [0.29, 0.717) is 13.2 Å². The van der Waals surface area contributed by atoms with E-state index in [1.807, 2.05) is 18.2 Å². The molecule has 2 aliphatic rings. The van der Waals surface area contributed by atoms with E-state index >= 15 is 0 Å². The van der Waals surface area contributed by atoms with Crippen LogP contribution in [0.5, 0.6) is 11.5 Å². The number of fused-ring (bicyclic) bond motifs is 1. The van der Waals surface area contributed by atoms with Crippen LogP contribution < -0.4 is 14.4 Å². The molecule has 0 spiro atoms. The minimum Gasteiger partial charge on any atom is -0.486 e. The number of hydrogen-bond donors (Lipinski definition) is 0. The Labute approximate surface area is 178 Å². The van der Waals surface area contributed by atoms with Crippen molar-refractivity contribution < 1.29 is 13.9 Å². The number of thioether (sulfide) groups is 1. The van der Waals surface area contributed by atoms with Crippen LogP contribution in [0.4, 0.5) is 10.1 Å². The van der Waals surface area contributed by atoms with Crippen LogP contribution in [0.15, 0.2) is 45.8 Å². The lowest BCUT2D eigenvalue weighted by Gasteiger charge is -2.37. The largest absolute Gasteiger partial charge is 0.486 e. The summed E-state index contributed by atoms with van der Waals surface area (Å²) < 4.78 is 25.6. The minimum atomic E-state index is -0.203. The van der Waals surface area contributed by atoms with Gasteiger partial charge in [0.05, 0.1) is 5.69 Å². The van der Waals surface area contributed by atoms with Crippen molar-refractivity contribution in [1.29, 1.82) is 0 Å². The van der Waals surface area contributed by atoms with Gasteiger partial charge in [0.25, 0.3) is 0 Å². The fourth-order valence-corrected chi connectivity index (χ4v) is 5.13. The quantitative estimate of drug-likeness (QED) is 0.455. The van der Waals surface area contributed by atoms with Gasteiger partial charge in [-0.1, -0.05) is 6.07 Å². The highest BCUT2D eigenvalue weighted by Crippen LogP contribution is 2.39. The van der Waals surface area contributed by atoms with Crippen LogP contribution in [0.25, 0.3) is 0 Å². The Bertz CT molecular complexity index is 815. The molecule has 0 bridgehead atoms. The molecule has 0 radical (unpaired) electrons. The fourth-order valence-electron chi connectivity index (χ4n) is 3.58. The molecule has 2 aromatic rings. The van der Waals surface area contributed by atoms with Gasteiger partial charge in [-0.3, -0.25) is 4.90 Å². The number of hydrogen-bond acceptors (Lipinski definition) is 5. The van der Waals surface area contributed by atoms with E-state index in [4.69, 9.17) is 9.47 Å². The van der Waals surface area contributed by atoms with Crippen molar-refractivity contribution in [3.63, 3.8) is 0 Å². The molecule has 150 valence electrons. The number of benzene rings is 2. The number of nitrogens with zero attached hydrogens (tertiary/aromatic N) is 2. The zero-order chi connectivity index (χ0) is 19.3. The standard InChI is InChI=1S/C21H24BrFN2O2S/c22-17-15-16(23)5-6-20(17)28-14-2-7-24-8-10-25(11-9-24)18-3-1-4-19-21(18)27-13-12-26-19/h1,3-6,15H,2,7-14H2. The normalized spacial score (nSPS) is 17.0. The van der Waals surface area contributed by atoms with Crippen molar-refractivity contribution in [1.82, 2.24) is 4.90 Å². The third kappa shape index (κ3) is 4.75. The summed E-state index contributed by atoms with van der Waals surface area (Å²) in [7, 11) is 0. The highest BCUT2D eigenvalue weighted by molar-refractivity contribution is 9.10. The van der Waals surface area contributed by atoms with E-state index in [-0.39, 0.29) is 5.82 Å². The second-order valence-corrected chi connectivity index (χ2v) is 8.90. The van der Waals surface area contributed by atoms with E-state index in [1.165, 1.54) is 12.1 Å². The van der Waals surface area contributed by atoms with E-state index in [0.717, 1.165) is 71.5 Å². The van der Waals surface area contributed by atoms with Gasteiger partial charge in [0.1, 0.15) is 19.0 Å². The minimum absolute atomic E-state index is 0.203. The lowest BCUT2D eigenvalue weighted by Crippen LogP contribution is -2.46. The number of para-hydroxylation sites is 1. The molecule has 0 aromatic heterocycles. The first-order valence-corrected chi connectivity index (χ1v) is 11.4. The molecule has 0 atom stereocenters. The molecule has 2 heterocycles. The summed E-state index contributed by atoms with van der Waals surface area (Å²) in [6, 6.07) is 11.0. The Morgan fingerprint density at radius 2 is 1.86 bits per heavy atom. The third-order valence-electron chi connectivity index (χ3n) is 5.03. The van der Waals surface area contributed by atoms with Crippen molar-refractivity contribution in [2.45, 2.75) is 11.3 Å². The summed E-state index contributed by atoms with van der Waals surface area (Å²) in [4.78, 5) is 6.01. The molecule has 1 fully saturated rings. The molecule has 7 heteroatoms. The highest BCUT2D eigenvalue weighted by Gasteiger charge is 2.23. The molecule has 0 amide bonds. The molecule has 2 aromatic carbocycles. The second-order valence-electron chi connectivity index (χ2n) is 6.91. The number of rotatable bonds is 6. The predicted octanol–water partition coefficient (Wildman–Crippen LogP) is 4.66. The van der Waals surface area contributed by atoms with Gasteiger partial charge in [0, 0.05) is 35.5 Å². The van der Waals surface area contributed by atoms with Crippen LogP contribution in [0.3, 0.4) is 0 Å². The van der Waals surface area contributed by atoms with Gasteiger partial charge in [0.15, 0.2) is 11.5 Å². The van der Waals surface area contributed by atoms with Gasteiger partial charge in [0.2, 0.25) is 0 Å². The summed E-state index contributed by atoms with van der Waals surface area (Å²) in [6.45, 7) is 6.42. The molecular formula is C21H24BrFN2O2S. The van der Waals surface area contributed by atoms with Crippen LogP contribution in [0.1, 0.15) is 6.42 Å². The lowest BCUT2D eigenvalue weighted by molar-refractivity contribution is 0.171. The van der Waals surface area contributed by atoms with Crippen LogP contribution in [-0.2, 0) is 0 Å². The van der Waals surface area contributed by atoms with Gasteiger partial charge >= 0.3 is 0 Å². The molecule has 1 saturated heterocycles. The van der Waals surface area contributed by atoms with Crippen molar-refractivity contribution in [2.24, 2.45) is 0 Å². The predicted molar refractivity (Wildman–Crippen MR) is 116 cm³/mol. The lowest BCUT2D eigenvalue weighted by atomic mass is 10.2. The zero-order valence-electron chi connectivity index (χ0n) is 15.7. The Morgan fingerprint density at radius 3 is 2.68 bits per heavy atom. The van der Waals surface area contributed by atoms with E-state index in [9.17, 15) is 4.39 Å². The SMILES string of the molecule is Fc1ccc(SCCCN2CCN(c3cccc4c3OCCO4)CC2)c(Br)c1. The van der Waals surface area contributed by atoms with E-state index in [1.54, 1.807) is 11.8 Å². The van der Waals surface area contributed by atoms with Crippen LogP contribution >= 0.6 is 27.7 Å². The molecule has 28 heavy (non-hydrogen) atoms. The average Bonchev–Trinajstić information content (AvgIpc) is 2.72. The van der Waals surface area contributed by atoms with Crippen molar-refractivity contribution in [3.8, 4) is 11.5 Å². The molecule has 0 unspecified atom stereocenters. The third-order valence-corrected chi connectivity index (χ3v) is 7.11. The summed E-state index contributed by atoms with van der Waals surface area (Å²) in [5.74, 6) is 2.58. The molecule has 4 nitrogen and oxygen atoms in total. The first kappa shape index (κ1) is 19.9. The van der Waals surface area contributed by atoms with Gasteiger partial charge in [-0.25, -0.2) is 4.39 Å². The molecule has 0 saturated carbocycles. The van der Waals surface area contributed by atoms with Crippen LogP contribution in [-0.4, -0.2) is 56.6 Å². The van der Waals surface area contributed by atoms with Gasteiger partial charge < -0.3 is 14.4 Å². The highest BCUT2D eigenvalue weighted by atomic mass is 79.9. The van der Waals surface area contributed by atoms with E-state index in [2.05, 4.69) is 31.8 Å². The van der Waals surface area contributed by atoms with Crippen molar-refractivity contribution >= 4 is 33.4 Å². The first-order valence-electron chi connectivity index (χ1n) is 9.64. The summed E-state index contributed by atoms with van der Waals surface area (Å²) >= 11 is 5.21. The van der Waals surface area contributed by atoms with Crippen molar-refractivity contribution in [2.75, 3.05) is 56.6 Å². The average molecular weight is 467 g/mol. The molecule has 2 aliphatic heterocycles. The summed E-state index contributed by atoms with van der Waals surface area (Å²) in [5, 5.41) is 0. The topological polar surface area (TPSA) is 24.9 Å². The number of halogens is 2. The summed E-state index contributed by atoms with van der Waals surface area (Å²) in [5.41, 5.74) is 1.15. The van der Waals surface area contributed by atoms with Crippen molar-refractivity contribution in [3.05, 3.63) is 46.7 Å². The number of anilines is 1. The maximum absolute atomic E-state index is 13.2. The Morgan fingerprint density at radius 1 is 1.04 bits per heavy atom. The smallest absolute Gasteiger partial charge is 0.184 e. The van der Waals surface area contributed by atoms with Crippen LogP contribution in [0, 0.1) is 5.82 Å². The Balaban J connectivity index is 1.23. The monoisotopic (exact) mass is 466 g/mol. The van der Waals surface area contributed by atoms with Gasteiger partial charge in [-0.2, -0.15) is 0 Å². The van der Waals surface area contributed by atoms with Gasteiger partial charge in [-0.05, 0) is 65.0 Å². The molecular weight excluding hydrogens is 443 g/mol. The molecule has 4 rings (SSSR count). The Kier molecular flexibility index (Phi) is 6.65. The Hall–Kier alpha value is -1.44. The van der Waals surface area contributed by atoms with Crippen LogP contribution in [0.2, 0.25) is 0 Å². The maximum atomic E-state index is 13.2. The van der Waals surface area contributed by atoms with E-state index < -0.39 is 0 Å². The number of ether oxygens (including phenoxy) is 2. The zero-order valence-corrected chi connectivity index (χ0v) is 18.1. The molecule has 0 N–H and O–H groups in total. The maximum Gasteiger partial charge on any atom is 0.184 e. The summed E-state index contributed by atoms with van der Waals surface area (Å²) in [6.07, 6.45) is 1.12.